The lowest BCUT2D eigenvalue weighted by atomic mass is 9.85. The van der Waals surface area contributed by atoms with E-state index in [9.17, 15) is 38.1 Å². The van der Waals surface area contributed by atoms with Crippen LogP contribution in [0.2, 0.25) is 0 Å². The summed E-state index contributed by atoms with van der Waals surface area (Å²) >= 11 is 0. The molecule has 0 unspecified atom stereocenters. The van der Waals surface area contributed by atoms with Gasteiger partial charge in [-0.15, -0.1) is 0 Å². The lowest BCUT2D eigenvalue weighted by molar-refractivity contribution is -0.132. The first-order valence-electron chi connectivity index (χ1n) is 15.8. The van der Waals surface area contributed by atoms with Crippen molar-refractivity contribution >= 4 is 27.9 Å². The fourth-order valence-corrected chi connectivity index (χ4v) is 6.56. The van der Waals surface area contributed by atoms with Crippen molar-refractivity contribution in [1.29, 1.82) is 0 Å². The van der Waals surface area contributed by atoms with E-state index in [0.29, 0.717) is 0 Å². The number of carbonyl (C=O) groups excluding carboxylic acids is 3. The predicted molar refractivity (Wildman–Crippen MR) is 183 cm³/mol. The quantitative estimate of drug-likeness (QED) is 0.129. The summed E-state index contributed by atoms with van der Waals surface area (Å²) in [7, 11) is -4.27. The van der Waals surface area contributed by atoms with Crippen LogP contribution in [-0.4, -0.2) is 83.8 Å². The minimum Gasteiger partial charge on any atom is -0.504 e. The van der Waals surface area contributed by atoms with E-state index in [1.165, 1.54) is 0 Å². The molecule has 14 heteroatoms. The van der Waals surface area contributed by atoms with Crippen LogP contribution in [0.4, 0.5) is 4.79 Å². The van der Waals surface area contributed by atoms with E-state index in [-0.39, 0.29) is 29.5 Å². The molecule has 13 nitrogen and oxygen atoms in total. The Hall–Kier alpha value is -4.66. The Morgan fingerprint density at radius 2 is 1.47 bits per heavy atom. The third kappa shape index (κ3) is 11.8. The number of nitrogens with zero attached hydrogens (tertiary/aromatic N) is 1. The number of rotatable bonds is 15. The van der Waals surface area contributed by atoms with Crippen LogP contribution in [0.5, 0.6) is 17.2 Å². The molecule has 3 rings (SSSR count). The van der Waals surface area contributed by atoms with Crippen LogP contribution >= 0.6 is 0 Å². The van der Waals surface area contributed by atoms with Gasteiger partial charge in [0.15, 0.2) is 11.5 Å². The summed E-state index contributed by atoms with van der Waals surface area (Å²) in [5.41, 5.74) is -0.0634. The second-order valence-electron chi connectivity index (χ2n) is 13.2. The second kappa shape index (κ2) is 17.1. The van der Waals surface area contributed by atoms with Gasteiger partial charge in [-0.2, -0.15) is 4.31 Å². The molecule has 0 fully saturated rings. The minimum absolute atomic E-state index is 0.00736. The highest BCUT2D eigenvalue weighted by molar-refractivity contribution is 7.89. The van der Waals surface area contributed by atoms with E-state index in [1.54, 1.807) is 89.2 Å². The SMILES string of the molecule is CC(C)CN(C[C@@H](O)[C@H](Cc1ccccc1)NC(=O)[C@@H](NC(=O)CNC(=O)Oc1ccccc1)C(C)(C)C)S(=O)(=O)c1ccc(O)c(O)c1. The highest BCUT2D eigenvalue weighted by atomic mass is 32.2. The maximum atomic E-state index is 13.8. The molecule has 0 radical (unpaired) electrons. The van der Waals surface area contributed by atoms with Gasteiger partial charge in [0.2, 0.25) is 21.8 Å². The maximum Gasteiger partial charge on any atom is 0.413 e. The molecule has 0 aliphatic carbocycles. The Bertz CT molecular complexity index is 1660. The number of nitrogens with one attached hydrogen (secondary N) is 3. The Morgan fingerprint density at radius 3 is 2.04 bits per heavy atom. The van der Waals surface area contributed by atoms with Crippen molar-refractivity contribution in [2.45, 2.75) is 64.1 Å². The Balaban J connectivity index is 1.81. The largest absolute Gasteiger partial charge is 0.504 e. The number of amides is 3. The van der Waals surface area contributed by atoms with Crippen LogP contribution in [-0.2, 0) is 26.0 Å². The average Bonchev–Trinajstić information content (AvgIpc) is 3.03. The number of carbonyl (C=O) groups is 3. The summed E-state index contributed by atoms with van der Waals surface area (Å²) in [6.07, 6.45) is -2.15. The summed E-state index contributed by atoms with van der Waals surface area (Å²) in [4.78, 5) is 38.6. The molecule has 0 spiro atoms. The molecule has 3 atom stereocenters. The molecule has 266 valence electrons. The molecular weight excluding hydrogens is 652 g/mol. The number of benzene rings is 3. The molecule has 6 N–H and O–H groups in total. The highest BCUT2D eigenvalue weighted by Crippen LogP contribution is 2.29. The van der Waals surface area contributed by atoms with Crippen LogP contribution < -0.4 is 20.7 Å². The summed E-state index contributed by atoms with van der Waals surface area (Å²) in [5.74, 6) is -2.26. The number of para-hydroxylation sites is 1. The van der Waals surface area contributed by atoms with E-state index >= 15 is 0 Å². The minimum atomic E-state index is -4.27. The van der Waals surface area contributed by atoms with E-state index in [2.05, 4.69) is 16.0 Å². The molecular formula is C35H46N4O9S. The van der Waals surface area contributed by atoms with Crippen molar-refractivity contribution < 1.29 is 42.9 Å². The Labute approximate surface area is 287 Å². The lowest BCUT2D eigenvalue weighted by Crippen LogP contribution is -2.59. The summed E-state index contributed by atoms with van der Waals surface area (Å²) in [6, 6.07) is 18.3. The van der Waals surface area contributed by atoms with E-state index < -0.39 is 76.1 Å². The van der Waals surface area contributed by atoms with Crippen LogP contribution in [0.3, 0.4) is 0 Å². The number of hydrogen-bond acceptors (Lipinski definition) is 9. The molecule has 0 aliphatic rings. The molecule has 3 aromatic carbocycles. The summed E-state index contributed by atoms with van der Waals surface area (Å²) in [6.45, 7) is 7.94. The van der Waals surface area contributed by atoms with Gasteiger partial charge in [-0.1, -0.05) is 83.1 Å². The Kier molecular flexibility index (Phi) is 13.6. The van der Waals surface area contributed by atoms with Crippen LogP contribution in [0, 0.1) is 11.3 Å². The number of phenolic OH excluding ortho intramolecular Hbond substituents is 2. The first-order valence-corrected chi connectivity index (χ1v) is 17.3. The van der Waals surface area contributed by atoms with Crippen molar-refractivity contribution in [3.63, 3.8) is 0 Å². The number of aliphatic hydroxyl groups is 1. The first-order chi connectivity index (χ1) is 23.0. The number of phenols is 2. The predicted octanol–water partition coefficient (Wildman–Crippen LogP) is 3.15. The standard InChI is InChI=1S/C35H46N4O9S/c1-23(2)21-39(49(46,47)26-16-17-28(40)29(41)19-26)22-30(42)27(18-24-12-8-6-9-13-24)37-33(44)32(35(3,4)5)38-31(43)20-36-34(45)48-25-14-10-7-11-15-25/h6-17,19,23,27,30,32,40-42H,18,20-22H2,1-5H3,(H,36,45)(H,37,44)(H,38,43)/t27-,30+,32+/m0/s1. The number of sulfonamides is 1. The fourth-order valence-electron chi connectivity index (χ4n) is 4.92. The molecule has 49 heavy (non-hydrogen) atoms. The van der Waals surface area contributed by atoms with Gasteiger partial charge in [-0.05, 0) is 47.6 Å². The molecule has 0 saturated heterocycles. The van der Waals surface area contributed by atoms with Gasteiger partial charge in [0.1, 0.15) is 18.3 Å². The third-order valence-corrected chi connectivity index (χ3v) is 9.24. The summed E-state index contributed by atoms with van der Waals surface area (Å²) < 4.78 is 33.6. The molecule has 0 bridgehead atoms. The van der Waals surface area contributed by atoms with Crippen LogP contribution in [0.1, 0.15) is 40.2 Å². The number of aliphatic hydroxyl groups excluding tert-OH is 1. The highest BCUT2D eigenvalue weighted by Gasteiger charge is 2.37. The van der Waals surface area contributed by atoms with Crippen molar-refractivity contribution in [2.75, 3.05) is 19.6 Å². The van der Waals surface area contributed by atoms with Crippen LogP contribution in [0.25, 0.3) is 0 Å². The van der Waals surface area contributed by atoms with Crippen LogP contribution in [0.15, 0.2) is 83.8 Å². The van der Waals surface area contributed by atoms with Crippen molar-refractivity contribution in [1.82, 2.24) is 20.3 Å². The van der Waals surface area contributed by atoms with Gasteiger partial charge in [0, 0.05) is 19.2 Å². The van der Waals surface area contributed by atoms with Gasteiger partial charge < -0.3 is 36.0 Å². The van der Waals surface area contributed by atoms with Gasteiger partial charge in [0.05, 0.1) is 17.0 Å². The van der Waals surface area contributed by atoms with Crippen molar-refractivity contribution in [3.05, 3.63) is 84.4 Å². The maximum absolute atomic E-state index is 13.8. The molecule has 0 saturated carbocycles. The zero-order valence-corrected chi connectivity index (χ0v) is 29.1. The number of ether oxygens (including phenoxy) is 1. The average molecular weight is 699 g/mol. The molecule has 3 aromatic rings. The third-order valence-electron chi connectivity index (χ3n) is 7.42. The van der Waals surface area contributed by atoms with Gasteiger partial charge in [-0.25, -0.2) is 13.2 Å². The van der Waals surface area contributed by atoms with Gasteiger partial charge in [0.25, 0.3) is 0 Å². The van der Waals surface area contributed by atoms with E-state index in [1.807, 2.05) is 6.07 Å². The monoisotopic (exact) mass is 698 g/mol. The topological polar surface area (TPSA) is 195 Å². The normalized spacial score (nSPS) is 13.7. The summed E-state index contributed by atoms with van der Waals surface area (Å²) in [5, 5.41) is 39.1. The smallest absolute Gasteiger partial charge is 0.413 e. The fraction of sp³-hybridized carbons (Fsp3) is 0.400. The lowest BCUT2D eigenvalue weighted by Gasteiger charge is -2.34. The van der Waals surface area contributed by atoms with Gasteiger partial charge >= 0.3 is 6.09 Å². The number of aromatic hydroxyl groups is 2. The zero-order chi connectivity index (χ0) is 36.4. The zero-order valence-electron chi connectivity index (χ0n) is 28.3. The number of hydrogen-bond donors (Lipinski definition) is 6. The molecule has 0 heterocycles. The molecule has 0 aromatic heterocycles. The van der Waals surface area contributed by atoms with E-state index in [0.717, 1.165) is 28.1 Å². The second-order valence-corrected chi connectivity index (χ2v) is 15.1. The van der Waals surface area contributed by atoms with Crippen molar-refractivity contribution in [2.24, 2.45) is 11.3 Å². The first kappa shape index (κ1) is 38.8. The molecule has 3 amide bonds. The van der Waals surface area contributed by atoms with Gasteiger partial charge in [-0.3, -0.25) is 9.59 Å². The molecule has 0 aliphatic heterocycles. The van der Waals surface area contributed by atoms with E-state index in [4.69, 9.17) is 4.74 Å². The Morgan fingerprint density at radius 1 is 0.857 bits per heavy atom. The van der Waals surface area contributed by atoms with Crippen molar-refractivity contribution in [3.8, 4) is 17.2 Å².